The second kappa shape index (κ2) is 8.36. The highest BCUT2D eigenvalue weighted by Crippen LogP contribution is 2.32. The first kappa shape index (κ1) is 18.5. The molecule has 0 spiro atoms. The van der Waals surface area contributed by atoms with Gasteiger partial charge in [0.15, 0.2) is 5.78 Å². The van der Waals surface area contributed by atoms with Gasteiger partial charge in [0.25, 0.3) is 0 Å². The van der Waals surface area contributed by atoms with Gasteiger partial charge in [0.2, 0.25) is 5.91 Å². The first-order chi connectivity index (χ1) is 12.6. The Bertz CT molecular complexity index is 768. The molecule has 6 heteroatoms. The summed E-state index contributed by atoms with van der Waals surface area (Å²) in [5, 5.41) is 1.88. The first-order valence-corrected chi connectivity index (χ1v) is 9.57. The van der Waals surface area contributed by atoms with Crippen molar-refractivity contribution in [2.45, 2.75) is 38.3 Å². The Morgan fingerprint density at radius 1 is 1.15 bits per heavy atom. The van der Waals surface area contributed by atoms with E-state index < -0.39 is 0 Å². The zero-order valence-corrected chi connectivity index (χ0v) is 15.9. The van der Waals surface area contributed by atoms with Crippen LogP contribution in [-0.2, 0) is 11.3 Å². The summed E-state index contributed by atoms with van der Waals surface area (Å²) in [5.74, 6) is 1.51. The molecule has 1 heterocycles. The minimum absolute atomic E-state index is 0.0160. The number of amides is 1. The molecule has 3 rings (SSSR count). The Kier molecular flexibility index (Phi) is 5.93. The maximum Gasteiger partial charge on any atom is 0.223 e. The van der Waals surface area contributed by atoms with Gasteiger partial charge in [0, 0.05) is 31.0 Å². The van der Waals surface area contributed by atoms with Gasteiger partial charge in [-0.25, -0.2) is 0 Å². The van der Waals surface area contributed by atoms with E-state index in [0.717, 1.165) is 29.9 Å². The van der Waals surface area contributed by atoms with E-state index in [0.29, 0.717) is 11.4 Å². The predicted molar refractivity (Wildman–Crippen MR) is 101 cm³/mol. The van der Waals surface area contributed by atoms with E-state index in [2.05, 4.69) is 0 Å². The monoisotopic (exact) mass is 373 g/mol. The van der Waals surface area contributed by atoms with Crippen molar-refractivity contribution in [3.05, 3.63) is 46.2 Å². The van der Waals surface area contributed by atoms with Crippen molar-refractivity contribution in [3.63, 3.8) is 0 Å². The van der Waals surface area contributed by atoms with Crippen LogP contribution in [0.1, 0.15) is 40.9 Å². The van der Waals surface area contributed by atoms with Gasteiger partial charge in [-0.3, -0.25) is 9.59 Å². The predicted octanol–water partition coefficient (Wildman–Crippen LogP) is 3.92. The molecule has 1 aliphatic rings. The molecule has 1 saturated carbocycles. The first-order valence-electron chi connectivity index (χ1n) is 8.69. The summed E-state index contributed by atoms with van der Waals surface area (Å²) in [7, 11) is 3.24. The van der Waals surface area contributed by atoms with Gasteiger partial charge in [-0.05, 0) is 42.5 Å². The Labute approximate surface area is 157 Å². The van der Waals surface area contributed by atoms with E-state index in [1.54, 1.807) is 20.3 Å². The molecule has 2 aromatic rings. The molecular weight excluding hydrogens is 350 g/mol. The van der Waals surface area contributed by atoms with Crippen LogP contribution in [0.25, 0.3) is 0 Å². The molecule has 0 unspecified atom stereocenters. The fourth-order valence-corrected chi connectivity index (χ4v) is 3.62. The average Bonchev–Trinajstić information content (AvgIpc) is 3.35. The third kappa shape index (κ3) is 4.43. The quantitative estimate of drug-likeness (QED) is 0.625. The molecule has 0 atom stereocenters. The van der Waals surface area contributed by atoms with E-state index in [1.807, 2.05) is 34.5 Å². The number of ketones is 1. The number of nitrogens with zero attached hydrogens (tertiary/aromatic N) is 1. The summed E-state index contributed by atoms with van der Waals surface area (Å²) >= 11 is 1.42. The van der Waals surface area contributed by atoms with Gasteiger partial charge in [-0.2, -0.15) is 0 Å². The third-order valence-electron chi connectivity index (χ3n) is 4.50. The fourth-order valence-electron chi connectivity index (χ4n) is 2.92. The van der Waals surface area contributed by atoms with Crippen LogP contribution in [0.3, 0.4) is 0 Å². The smallest absolute Gasteiger partial charge is 0.223 e. The highest BCUT2D eigenvalue weighted by Gasteiger charge is 2.33. The molecule has 1 fully saturated rings. The van der Waals surface area contributed by atoms with E-state index in [4.69, 9.17) is 9.47 Å². The van der Waals surface area contributed by atoms with Crippen molar-refractivity contribution in [1.82, 2.24) is 4.90 Å². The summed E-state index contributed by atoms with van der Waals surface area (Å²) < 4.78 is 10.7. The molecule has 26 heavy (non-hydrogen) atoms. The minimum atomic E-state index is 0.0160. The normalized spacial score (nSPS) is 13.3. The summed E-state index contributed by atoms with van der Waals surface area (Å²) in [6.07, 6.45) is 2.51. The summed E-state index contributed by atoms with van der Waals surface area (Å²) in [6, 6.07) is 9.51. The van der Waals surface area contributed by atoms with Crippen LogP contribution in [-0.4, -0.2) is 36.9 Å². The van der Waals surface area contributed by atoms with Crippen LogP contribution in [0, 0.1) is 0 Å². The second-order valence-electron chi connectivity index (χ2n) is 6.33. The van der Waals surface area contributed by atoms with Gasteiger partial charge >= 0.3 is 0 Å². The van der Waals surface area contributed by atoms with Crippen LogP contribution in [0.5, 0.6) is 11.5 Å². The number of methoxy groups -OCH3 is 2. The van der Waals surface area contributed by atoms with E-state index in [9.17, 15) is 9.59 Å². The third-order valence-corrected chi connectivity index (χ3v) is 5.41. The number of benzene rings is 1. The topological polar surface area (TPSA) is 55.8 Å². The van der Waals surface area contributed by atoms with Crippen LogP contribution < -0.4 is 9.47 Å². The Morgan fingerprint density at radius 3 is 2.58 bits per heavy atom. The number of carbonyl (C=O) groups is 2. The fraction of sp³-hybridized carbons (Fsp3) is 0.400. The lowest BCUT2D eigenvalue weighted by molar-refractivity contribution is -0.132. The molecule has 1 aromatic carbocycles. The number of hydrogen-bond donors (Lipinski definition) is 0. The summed E-state index contributed by atoms with van der Waals surface area (Å²) in [6.45, 7) is 0.469. The van der Waals surface area contributed by atoms with Gasteiger partial charge in [-0.15, -0.1) is 11.3 Å². The van der Waals surface area contributed by atoms with Gasteiger partial charge in [-0.1, -0.05) is 6.07 Å². The zero-order chi connectivity index (χ0) is 18.5. The van der Waals surface area contributed by atoms with Crippen LogP contribution in [0.15, 0.2) is 35.7 Å². The van der Waals surface area contributed by atoms with E-state index in [-0.39, 0.29) is 30.6 Å². The van der Waals surface area contributed by atoms with Gasteiger partial charge < -0.3 is 14.4 Å². The van der Waals surface area contributed by atoms with Gasteiger partial charge in [0.1, 0.15) is 11.5 Å². The average molecular weight is 373 g/mol. The lowest BCUT2D eigenvalue weighted by Crippen LogP contribution is -2.33. The van der Waals surface area contributed by atoms with Crippen molar-refractivity contribution in [1.29, 1.82) is 0 Å². The highest BCUT2D eigenvalue weighted by atomic mass is 32.1. The molecule has 0 saturated heterocycles. The van der Waals surface area contributed by atoms with Crippen LogP contribution in [0.4, 0.5) is 0 Å². The molecule has 1 amide bonds. The van der Waals surface area contributed by atoms with Crippen molar-refractivity contribution < 1.29 is 19.1 Å². The second-order valence-corrected chi connectivity index (χ2v) is 7.28. The summed E-state index contributed by atoms with van der Waals surface area (Å²) in [4.78, 5) is 27.5. The number of hydrogen-bond acceptors (Lipinski definition) is 5. The number of thiophene rings is 1. The molecule has 5 nitrogen and oxygen atoms in total. The van der Waals surface area contributed by atoms with Crippen molar-refractivity contribution in [2.75, 3.05) is 14.2 Å². The zero-order valence-electron chi connectivity index (χ0n) is 15.1. The molecule has 0 bridgehead atoms. The van der Waals surface area contributed by atoms with Crippen molar-refractivity contribution >= 4 is 23.0 Å². The molecule has 0 N–H and O–H groups in total. The number of carbonyl (C=O) groups excluding carboxylic acids is 2. The Balaban J connectivity index is 1.67. The molecule has 0 radical (unpaired) electrons. The molecule has 1 aromatic heterocycles. The molecular formula is C20H23NO4S. The highest BCUT2D eigenvalue weighted by molar-refractivity contribution is 7.12. The molecule has 138 valence electrons. The molecule has 1 aliphatic carbocycles. The standard InChI is InChI=1S/C20H23NO4S/c1-24-16-7-9-18(25-2)14(12-16)13-21(15-5-6-15)20(23)10-8-17(22)19-4-3-11-26-19/h3-4,7,9,11-12,15H,5-6,8,10,13H2,1-2H3. The van der Waals surface area contributed by atoms with Crippen molar-refractivity contribution in [2.24, 2.45) is 0 Å². The summed E-state index contributed by atoms with van der Waals surface area (Å²) in [5.41, 5.74) is 0.914. The number of rotatable bonds is 9. The lowest BCUT2D eigenvalue weighted by Gasteiger charge is -2.24. The SMILES string of the molecule is COc1ccc(OC)c(CN(C(=O)CCC(=O)c2cccs2)C2CC2)c1. The van der Waals surface area contributed by atoms with Gasteiger partial charge in [0.05, 0.1) is 19.1 Å². The van der Waals surface area contributed by atoms with Crippen LogP contribution in [0.2, 0.25) is 0 Å². The molecule has 0 aliphatic heterocycles. The maximum atomic E-state index is 12.8. The Morgan fingerprint density at radius 2 is 1.96 bits per heavy atom. The van der Waals surface area contributed by atoms with E-state index >= 15 is 0 Å². The number of Topliss-reactive ketones (excluding diaryl/α,β-unsaturated/α-hetero) is 1. The van der Waals surface area contributed by atoms with E-state index in [1.165, 1.54) is 11.3 Å². The van der Waals surface area contributed by atoms with Crippen LogP contribution >= 0.6 is 11.3 Å². The maximum absolute atomic E-state index is 12.8. The lowest BCUT2D eigenvalue weighted by atomic mass is 10.1. The van der Waals surface area contributed by atoms with Crippen molar-refractivity contribution in [3.8, 4) is 11.5 Å². The number of ether oxygens (including phenoxy) is 2. The Hall–Kier alpha value is -2.34. The largest absolute Gasteiger partial charge is 0.497 e. The minimum Gasteiger partial charge on any atom is -0.497 e.